The lowest BCUT2D eigenvalue weighted by atomic mass is 10.3. The van der Waals surface area contributed by atoms with Crippen LogP contribution in [-0.2, 0) is 9.47 Å². The smallest absolute Gasteiger partial charge is 0.427 e. The highest BCUT2D eigenvalue weighted by atomic mass is 19.4. The van der Waals surface area contributed by atoms with Gasteiger partial charge in [0.2, 0.25) is 0 Å². The highest BCUT2D eigenvalue weighted by Crippen LogP contribution is 2.35. The zero-order valence-electron chi connectivity index (χ0n) is 8.65. The maximum atomic E-state index is 11.9. The number of carbonyl (C=O) groups excluding carboxylic acids is 1. The first-order valence-electron chi connectivity index (χ1n) is 4.12. The number of amides is 1. The second kappa shape index (κ2) is 5.43. The van der Waals surface area contributed by atoms with Crippen molar-refractivity contribution >= 4 is 6.09 Å². The summed E-state index contributed by atoms with van der Waals surface area (Å²) in [4.78, 5) is 10.7. The summed E-state index contributed by atoms with van der Waals surface area (Å²) >= 11 is 0. The minimum absolute atomic E-state index is 1.08. The maximum absolute atomic E-state index is 11.9. The van der Waals surface area contributed by atoms with Gasteiger partial charge in [-0.25, -0.2) is 4.79 Å². The standard InChI is InChI=1S/C7H9F6NO3/c1-3(16-2)14-5(15)17-4(6(8,9)10)7(11,12)13/h3-4H,1-2H3,(H,14,15). The van der Waals surface area contributed by atoms with Gasteiger partial charge in [0.15, 0.2) is 0 Å². The predicted octanol–water partition coefficient (Wildman–Crippen LogP) is 2.20. The number of alkyl halides is 6. The summed E-state index contributed by atoms with van der Waals surface area (Å²) in [7, 11) is 1.09. The van der Waals surface area contributed by atoms with Gasteiger partial charge in [0.05, 0.1) is 0 Å². The normalized spacial score (nSPS) is 14.6. The van der Waals surface area contributed by atoms with Crippen LogP contribution >= 0.6 is 0 Å². The maximum Gasteiger partial charge on any atom is 0.434 e. The zero-order chi connectivity index (χ0) is 13.9. The van der Waals surface area contributed by atoms with Crippen molar-refractivity contribution in [3.05, 3.63) is 0 Å². The Bertz CT molecular complexity index is 249. The van der Waals surface area contributed by atoms with E-state index >= 15 is 0 Å². The molecule has 0 aromatic heterocycles. The van der Waals surface area contributed by atoms with Gasteiger partial charge in [0, 0.05) is 7.11 Å². The average molecular weight is 269 g/mol. The number of hydrogen-bond acceptors (Lipinski definition) is 3. The molecule has 10 heteroatoms. The van der Waals surface area contributed by atoms with Crippen LogP contribution in [0.1, 0.15) is 6.92 Å². The van der Waals surface area contributed by atoms with Crippen molar-refractivity contribution in [2.75, 3.05) is 7.11 Å². The molecule has 0 spiro atoms. The minimum Gasteiger partial charge on any atom is -0.427 e. The van der Waals surface area contributed by atoms with E-state index in [1.54, 1.807) is 5.32 Å². The van der Waals surface area contributed by atoms with Crippen LogP contribution in [0.3, 0.4) is 0 Å². The zero-order valence-corrected chi connectivity index (χ0v) is 8.65. The van der Waals surface area contributed by atoms with Crippen LogP contribution in [0, 0.1) is 0 Å². The van der Waals surface area contributed by atoms with Crippen molar-refractivity contribution in [1.29, 1.82) is 0 Å². The number of nitrogens with one attached hydrogen (secondary N) is 1. The molecule has 1 amide bonds. The summed E-state index contributed by atoms with van der Waals surface area (Å²) in [6, 6.07) is 0. The summed E-state index contributed by atoms with van der Waals surface area (Å²) in [6.45, 7) is 1.19. The Hall–Kier alpha value is -1.19. The monoisotopic (exact) mass is 269 g/mol. The summed E-state index contributed by atoms with van der Waals surface area (Å²) in [5.41, 5.74) is 0. The number of alkyl carbamates (subject to hydrolysis) is 1. The Balaban J connectivity index is 4.63. The van der Waals surface area contributed by atoms with Crippen molar-refractivity contribution in [3.8, 4) is 0 Å². The number of rotatable bonds is 3. The Morgan fingerprint density at radius 3 is 1.82 bits per heavy atom. The summed E-state index contributed by atoms with van der Waals surface area (Å²) in [5, 5.41) is 1.62. The molecule has 1 atom stereocenters. The topological polar surface area (TPSA) is 47.6 Å². The Labute approximate surface area is 91.9 Å². The van der Waals surface area contributed by atoms with Gasteiger partial charge < -0.3 is 9.47 Å². The van der Waals surface area contributed by atoms with Gasteiger partial charge in [-0.15, -0.1) is 0 Å². The van der Waals surface area contributed by atoms with Crippen molar-refractivity contribution in [1.82, 2.24) is 5.32 Å². The minimum atomic E-state index is -5.73. The lowest BCUT2D eigenvalue weighted by Crippen LogP contribution is -2.48. The fraction of sp³-hybridized carbons (Fsp3) is 0.857. The molecule has 17 heavy (non-hydrogen) atoms. The number of methoxy groups -OCH3 is 1. The quantitative estimate of drug-likeness (QED) is 0.631. The molecular formula is C7H9F6NO3. The number of hydrogen-bond donors (Lipinski definition) is 1. The van der Waals surface area contributed by atoms with Crippen LogP contribution in [0.2, 0.25) is 0 Å². The largest absolute Gasteiger partial charge is 0.434 e. The van der Waals surface area contributed by atoms with E-state index in [2.05, 4.69) is 9.47 Å². The van der Waals surface area contributed by atoms with Gasteiger partial charge >= 0.3 is 18.4 Å². The van der Waals surface area contributed by atoms with E-state index < -0.39 is 30.8 Å². The van der Waals surface area contributed by atoms with Crippen LogP contribution in [0.5, 0.6) is 0 Å². The Morgan fingerprint density at radius 2 is 1.53 bits per heavy atom. The fourth-order valence-corrected chi connectivity index (χ4v) is 0.685. The van der Waals surface area contributed by atoms with E-state index in [1.807, 2.05) is 0 Å². The SMILES string of the molecule is COC(C)NC(=O)OC(C(F)(F)F)C(F)(F)F. The van der Waals surface area contributed by atoms with Crippen molar-refractivity contribution in [2.24, 2.45) is 0 Å². The van der Waals surface area contributed by atoms with Gasteiger partial charge in [-0.1, -0.05) is 0 Å². The van der Waals surface area contributed by atoms with Gasteiger partial charge in [-0.3, -0.25) is 5.32 Å². The van der Waals surface area contributed by atoms with Gasteiger partial charge in [-0.2, -0.15) is 26.3 Å². The van der Waals surface area contributed by atoms with E-state index in [-0.39, 0.29) is 0 Å². The summed E-state index contributed by atoms with van der Waals surface area (Å²) < 4.78 is 79.3. The van der Waals surface area contributed by atoms with E-state index in [1.165, 1.54) is 6.92 Å². The van der Waals surface area contributed by atoms with E-state index in [4.69, 9.17) is 0 Å². The molecule has 0 aromatic rings. The lowest BCUT2D eigenvalue weighted by molar-refractivity contribution is -0.307. The molecule has 0 aliphatic rings. The predicted molar refractivity (Wildman–Crippen MR) is 42.0 cm³/mol. The molecule has 0 saturated heterocycles. The van der Waals surface area contributed by atoms with E-state index in [0.29, 0.717) is 0 Å². The Kier molecular flexibility index (Phi) is 5.05. The van der Waals surface area contributed by atoms with Crippen LogP contribution in [0.15, 0.2) is 0 Å². The first-order valence-corrected chi connectivity index (χ1v) is 4.12. The molecule has 1 N–H and O–H groups in total. The van der Waals surface area contributed by atoms with Crippen molar-refractivity contribution < 1.29 is 40.6 Å². The van der Waals surface area contributed by atoms with E-state index in [0.717, 1.165) is 7.11 Å². The fourth-order valence-electron chi connectivity index (χ4n) is 0.685. The molecule has 0 rings (SSSR count). The van der Waals surface area contributed by atoms with Crippen molar-refractivity contribution in [3.63, 3.8) is 0 Å². The number of halogens is 6. The lowest BCUT2D eigenvalue weighted by Gasteiger charge is -2.23. The van der Waals surface area contributed by atoms with E-state index in [9.17, 15) is 31.1 Å². The molecule has 0 saturated carbocycles. The third-order valence-electron chi connectivity index (χ3n) is 1.49. The Morgan fingerprint density at radius 1 is 1.12 bits per heavy atom. The van der Waals surface area contributed by atoms with Crippen molar-refractivity contribution in [2.45, 2.75) is 31.6 Å². The average Bonchev–Trinajstić information content (AvgIpc) is 2.10. The van der Waals surface area contributed by atoms with Crippen LogP contribution < -0.4 is 5.32 Å². The molecule has 0 aliphatic heterocycles. The van der Waals surface area contributed by atoms with Crippen LogP contribution in [0.4, 0.5) is 31.1 Å². The third kappa shape index (κ3) is 5.61. The first-order chi connectivity index (χ1) is 7.48. The summed E-state index contributed by atoms with van der Waals surface area (Å²) in [6.07, 6.45) is -18.6. The van der Waals surface area contributed by atoms with Gasteiger partial charge in [-0.05, 0) is 6.92 Å². The second-order valence-corrected chi connectivity index (χ2v) is 2.89. The summed E-state index contributed by atoms with van der Waals surface area (Å²) in [5.74, 6) is 0. The second-order valence-electron chi connectivity index (χ2n) is 2.89. The van der Waals surface area contributed by atoms with Gasteiger partial charge in [0.1, 0.15) is 6.23 Å². The molecule has 4 nitrogen and oxygen atoms in total. The number of ether oxygens (including phenoxy) is 2. The number of carbonyl (C=O) groups is 1. The van der Waals surface area contributed by atoms with Crippen LogP contribution in [-0.4, -0.2) is 37.9 Å². The van der Waals surface area contributed by atoms with Gasteiger partial charge in [0.25, 0.3) is 6.10 Å². The molecule has 0 aromatic carbocycles. The van der Waals surface area contributed by atoms with Crippen LogP contribution in [0.25, 0.3) is 0 Å². The highest BCUT2D eigenvalue weighted by molar-refractivity contribution is 5.67. The molecular weight excluding hydrogens is 260 g/mol. The molecule has 1 unspecified atom stereocenters. The molecule has 102 valence electrons. The highest BCUT2D eigenvalue weighted by Gasteiger charge is 2.60. The molecule has 0 fully saturated rings. The molecule has 0 aliphatic carbocycles. The first kappa shape index (κ1) is 15.8. The molecule has 0 radical (unpaired) electrons. The molecule has 0 bridgehead atoms. The molecule has 0 heterocycles. The third-order valence-corrected chi connectivity index (χ3v) is 1.49.